The highest BCUT2D eigenvalue weighted by Gasteiger charge is 2.26. The number of hydrogen-bond acceptors (Lipinski definition) is 3. The Hall–Kier alpha value is 1.07. The molecule has 0 unspecified atom stereocenters. The second kappa shape index (κ2) is 7.53. The summed E-state index contributed by atoms with van der Waals surface area (Å²) in [7, 11) is -1.85. The first-order chi connectivity index (χ1) is 10.2. The molecule has 10 heteroatoms. The lowest BCUT2D eigenvalue weighted by Gasteiger charge is -2.14. The largest absolute Gasteiger partial charge is 0.505 e. The lowest BCUT2D eigenvalue weighted by atomic mass is 10.3. The van der Waals surface area contributed by atoms with E-state index < -0.39 is 10.8 Å². The van der Waals surface area contributed by atoms with Gasteiger partial charge in [0.15, 0.2) is 0 Å². The van der Waals surface area contributed by atoms with E-state index in [9.17, 15) is 14.4 Å². The summed E-state index contributed by atoms with van der Waals surface area (Å²) in [5.74, 6) is -0.341. The van der Waals surface area contributed by atoms with Crippen LogP contribution in [-0.4, -0.2) is 14.4 Å². The molecule has 2 aromatic carbocycles. The molecule has 0 amide bonds. The van der Waals surface area contributed by atoms with Crippen LogP contribution in [0, 0.1) is 0 Å². The maximum Gasteiger partial charge on any atom is 0.147 e. The third-order valence-corrected chi connectivity index (χ3v) is 9.81. The van der Waals surface area contributed by atoms with Crippen molar-refractivity contribution in [2.45, 2.75) is 9.79 Å². The zero-order valence-corrected chi connectivity index (χ0v) is 20.5. The number of hydrogen-bond donors (Lipinski definition) is 2. The van der Waals surface area contributed by atoms with E-state index in [0.717, 1.165) is 0 Å². The monoisotopic (exact) mass is 701 g/mol. The average molecular weight is 708 g/mol. The zero-order chi connectivity index (χ0) is 16.8. The van der Waals surface area contributed by atoms with Crippen molar-refractivity contribution in [3.8, 4) is 11.5 Å². The van der Waals surface area contributed by atoms with Crippen molar-refractivity contribution in [3.63, 3.8) is 0 Å². The molecule has 0 radical (unpaired) electrons. The van der Waals surface area contributed by atoms with E-state index in [4.69, 9.17) is 0 Å². The summed E-state index contributed by atoms with van der Waals surface area (Å²) in [6.07, 6.45) is 0. The van der Waals surface area contributed by atoms with Crippen LogP contribution in [-0.2, 0) is 10.8 Å². The molecular formula is C12H4Br6O3S. The van der Waals surface area contributed by atoms with Gasteiger partial charge >= 0.3 is 0 Å². The van der Waals surface area contributed by atoms with E-state index in [0.29, 0.717) is 26.8 Å². The smallest absolute Gasteiger partial charge is 0.147 e. The first kappa shape index (κ1) is 19.4. The summed E-state index contributed by atoms with van der Waals surface area (Å²) in [5, 5.41) is 20.5. The first-order valence-corrected chi connectivity index (χ1v) is 11.2. The molecule has 0 aliphatic rings. The topological polar surface area (TPSA) is 57.5 Å². The molecule has 0 aliphatic heterocycles. The number of rotatable bonds is 2. The van der Waals surface area contributed by atoms with Crippen LogP contribution in [0.25, 0.3) is 0 Å². The number of aromatic hydroxyl groups is 2. The van der Waals surface area contributed by atoms with Gasteiger partial charge in [-0.05, 0) is 108 Å². The zero-order valence-electron chi connectivity index (χ0n) is 10.1. The van der Waals surface area contributed by atoms with E-state index >= 15 is 0 Å². The molecule has 0 heterocycles. The molecule has 2 rings (SSSR count). The second-order valence-electron chi connectivity index (χ2n) is 3.93. The molecule has 0 saturated carbocycles. The number of phenols is 2. The SMILES string of the molecule is O=S(c1c(O)c(Br)cc(Br)c1Br)c1c(O)c(Br)cc(Br)c1Br. The molecule has 2 N–H and O–H groups in total. The normalized spacial score (nSPS) is 11.2. The predicted molar refractivity (Wildman–Crippen MR) is 107 cm³/mol. The van der Waals surface area contributed by atoms with Crippen molar-refractivity contribution >= 4 is 106 Å². The average Bonchev–Trinajstić information content (AvgIpc) is 2.44. The third kappa shape index (κ3) is 3.52. The molecule has 0 atom stereocenters. The minimum absolute atomic E-state index is 0.141. The maximum absolute atomic E-state index is 13.0. The van der Waals surface area contributed by atoms with Gasteiger partial charge in [0.2, 0.25) is 0 Å². The Bertz CT molecular complexity index is 690. The second-order valence-corrected chi connectivity index (χ2v) is 10.3. The Balaban J connectivity index is 2.80. The van der Waals surface area contributed by atoms with Gasteiger partial charge in [-0.3, -0.25) is 0 Å². The van der Waals surface area contributed by atoms with E-state index in [-0.39, 0.29) is 21.3 Å². The van der Waals surface area contributed by atoms with Gasteiger partial charge in [-0.2, -0.15) is 0 Å². The Morgan fingerprint density at radius 1 is 0.682 bits per heavy atom. The highest BCUT2D eigenvalue weighted by atomic mass is 79.9. The van der Waals surface area contributed by atoms with Crippen LogP contribution in [0.4, 0.5) is 0 Å². The van der Waals surface area contributed by atoms with Crippen molar-refractivity contribution < 1.29 is 14.4 Å². The van der Waals surface area contributed by atoms with Crippen molar-refractivity contribution in [1.82, 2.24) is 0 Å². The van der Waals surface area contributed by atoms with Crippen LogP contribution >= 0.6 is 95.6 Å². The van der Waals surface area contributed by atoms with E-state index in [2.05, 4.69) is 95.6 Å². The molecule has 0 aromatic heterocycles. The quantitative estimate of drug-likeness (QED) is 0.337. The predicted octanol–water partition coefficient (Wildman–Crippen LogP) is 6.84. The van der Waals surface area contributed by atoms with E-state index in [1.165, 1.54) is 0 Å². The van der Waals surface area contributed by atoms with Gasteiger partial charge < -0.3 is 10.2 Å². The van der Waals surface area contributed by atoms with Crippen LogP contribution in [0.5, 0.6) is 11.5 Å². The summed E-state index contributed by atoms with van der Waals surface area (Å²) >= 11 is 19.7. The Morgan fingerprint density at radius 3 is 1.32 bits per heavy atom. The minimum atomic E-state index is -1.85. The molecule has 2 aromatic rings. The van der Waals surface area contributed by atoms with Gasteiger partial charge in [0.05, 0.1) is 28.7 Å². The fourth-order valence-corrected chi connectivity index (χ4v) is 7.22. The Morgan fingerprint density at radius 2 is 1.00 bits per heavy atom. The lowest BCUT2D eigenvalue weighted by molar-refractivity contribution is 0.452. The van der Waals surface area contributed by atoms with Gasteiger partial charge in [-0.1, -0.05) is 0 Å². The molecule has 0 saturated heterocycles. The number of benzene rings is 2. The minimum Gasteiger partial charge on any atom is -0.505 e. The molecular weight excluding hydrogens is 704 g/mol. The van der Waals surface area contributed by atoms with Crippen LogP contribution in [0.1, 0.15) is 0 Å². The molecule has 0 spiro atoms. The number of phenolic OH excluding ortho intramolecular Hbond substituents is 2. The summed E-state index contributed by atoms with van der Waals surface area (Å²) in [6.45, 7) is 0. The Kier molecular flexibility index (Phi) is 6.64. The van der Waals surface area contributed by atoms with Gasteiger partial charge in [-0.25, -0.2) is 4.21 Å². The van der Waals surface area contributed by atoms with Crippen LogP contribution in [0.15, 0.2) is 48.8 Å². The highest BCUT2D eigenvalue weighted by Crippen LogP contribution is 2.47. The fraction of sp³-hybridized carbons (Fsp3) is 0. The summed E-state index contributed by atoms with van der Waals surface area (Å²) < 4.78 is 15.9. The summed E-state index contributed by atoms with van der Waals surface area (Å²) in [4.78, 5) is 0.282. The highest BCUT2D eigenvalue weighted by molar-refractivity contribution is 9.13. The molecule has 0 bridgehead atoms. The van der Waals surface area contributed by atoms with Crippen LogP contribution in [0.3, 0.4) is 0 Å². The molecule has 3 nitrogen and oxygen atoms in total. The Labute approximate surface area is 179 Å². The molecule has 118 valence electrons. The molecule has 0 aliphatic carbocycles. The van der Waals surface area contributed by atoms with E-state index in [1.54, 1.807) is 12.1 Å². The van der Waals surface area contributed by atoms with Gasteiger partial charge in [0, 0.05) is 8.95 Å². The maximum atomic E-state index is 13.0. The van der Waals surface area contributed by atoms with Gasteiger partial charge in [-0.15, -0.1) is 0 Å². The van der Waals surface area contributed by atoms with Crippen molar-refractivity contribution in [3.05, 3.63) is 39.0 Å². The van der Waals surface area contributed by atoms with Crippen LogP contribution in [0.2, 0.25) is 0 Å². The van der Waals surface area contributed by atoms with Crippen molar-refractivity contribution in [2.75, 3.05) is 0 Å². The van der Waals surface area contributed by atoms with Crippen LogP contribution < -0.4 is 0 Å². The van der Waals surface area contributed by atoms with Crippen molar-refractivity contribution in [1.29, 1.82) is 0 Å². The summed E-state index contributed by atoms with van der Waals surface area (Å²) in [6, 6.07) is 3.26. The first-order valence-electron chi connectivity index (χ1n) is 5.31. The van der Waals surface area contributed by atoms with Crippen molar-refractivity contribution in [2.24, 2.45) is 0 Å². The van der Waals surface area contributed by atoms with Gasteiger partial charge in [0.1, 0.15) is 21.3 Å². The standard InChI is InChI=1S/C12H4Br6O3S/c13-3-1-5(15)9(19)11(7(3)17)22(21)12-8(18)4(14)2-6(16)10(12)20/h1-2,19-20H. The molecule has 0 fully saturated rings. The number of halogens is 6. The van der Waals surface area contributed by atoms with E-state index in [1.807, 2.05) is 0 Å². The lowest BCUT2D eigenvalue weighted by Crippen LogP contribution is -1.99. The third-order valence-electron chi connectivity index (χ3n) is 2.58. The summed E-state index contributed by atoms with van der Waals surface area (Å²) in [5.41, 5.74) is 0. The molecule has 22 heavy (non-hydrogen) atoms. The fourth-order valence-electron chi connectivity index (χ4n) is 1.57. The van der Waals surface area contributed by atoms with Gasteiger partial charge in [0.25, 0.3) is 0 Å².